The Morgan fingerprint density at radius 3 is 1.93 bits per heavy atom. The van der Waals surface area contributed by atoms with Crippen LogP contribution in [0.25, 0.3) is 5.57 Å². The second kappa shape index (κ2) is 10.2. The summed E-state index contributed by atoms with van der Waals surface area (Å²) in [5, 5.41) is 2.50. The molecule has 1 heterocycles. The number of alkyl halides is 3. The van der Waals surface area contributed by atoms with Crippen molar-refractivity contribution in [2.75, 3.05) is 18.6 Å². The second-order valence-corrected chi connectivity index (χ2v) is 9.68. The van der Waals surface area contributed by atoms with E-state index in [0.29, 0.717) is 10.9 Å². The smallest absolute Gasteiger partial charge is 0.485 e. The Balaban J connectivity index is 0.000000321. The van der Waals surface area contributed by atoms with Crippen LogP contribution >= 0.6 is 0 Å². The minimum atomic E-state index is -6.09. The SMILES string of the molecule is COc1ccc(C(=C[S+]2CCCC2)c2ccccc2)cc1.O=S(=O)([O-])C(F)(F)F. The quantitative estimate of drug-likeness (QED) is 0.393. The number of hydrogen-bond acceptors (Lipinski definition) is 4. The molecule has 1 fully saturated rings. The fourth-order valence-corrected chi connectivity index (χ4v) is 4.85. The van der Waals surface area contributed by atoms with Gasteiger partial charge in [-0.1, -0.05) is 42.5 Å². The van der Waals surface area contributed by atoms with Crippen molar-refractivity contribution in [3.05, 3.63) is 71.1 Å². The van der Waals surface area contributed by atoms with Gasteiger partial charge < -0.3 is 9.29 Å². The Kier molecular flexibility index (Phi) is 8.18. The predicted octanol–water partition coefficient (Wildman–Crippen LogP) is 4.55. The van der Waals surface area contributed by atoms with Crippen molar-refractivity contribution in [3.63, 3.8) is 0 Å². The molecule has 0 aromatic heterocycles. The van der Waals surface area contributed by atoms with Crippen LogP contribution in [-0.4, -0.2) is 37.1 Å². The summed E-state index contributed by atoms with van der Waals surface area (Å²) in [4.78, 5) is 0. The Morgan fingerprint density at radius 1 is 1.00 bits per heavy atom. The van der Waals surface area contributed by atoms with E-state index in [1.807, 2.05) is 12.1 Å². The third-order valence-corrected chi connectivity index (χ3v) is 6.88. The molecule has 1 saturated heterocycles. The van der Waals surface area contributed by atoms with Crippen LogP contribution in [0.3, 0.4) is 0 Å². The molecule has 1 aliphatic heterocycles. The van der Waals surface area contributed by atoms with Crippen LogP contribution in [0.1, 0.15) is 24.0 Å². The zero-order valence-corrected chi connectivity index (χ0v) is 17.3. The van der Waals surface area contributed by atoms with E-state index in [0.717, 1.165) is 5.75 Å². The molecule has 0 atom stereocenters. The van der Waals surface area contributed by atoms with Crippen LogP contribution in [0.15, 0.2) is 60.0 Å². The van der Waals surface area contributed by atoms with Gasteiger partial charge in [-0.15, -0.1) is 0 Å². The zero-order valence-electron chi connectivity index (χ0n) is 15.7. The van der Waals surface area contributed by atoms with E-state index in [9.17, 15) is 13.2 Å². The molecule has 2 aromatic rings. The molecule has 158 valence electrons. The van der Waals surface area contributed by atoms with E-state index in [1.165, 1.54) is 41.0 Å². The van der Waals surface area contributed by atoms with E-state index in [-0.39, 0.29) is 0 Å². The maximum atomic E-state index is 10.7. The maximum Gasteiger partial charge on any atom is 0.485 e. The molecule has 0 N–H and O–H groups in total. The molecule has 3 rings (SSSR count). The lowest BCUT2D eigenvalue weighted by atomic mass is 10.00. The van der Waals surface area contributed by atoms with Gasteiger partial charge in [0.05, 0.1) is 7.11 Å². The van der Waals surface area contributed by atoms with Crippen LogP contribution in [0.2, 0.25) is 0 Å². The highest BCUT2D eigenvalue weighted by atomic mass is 32.2. The van der Waals surface area contributed by atoms with Crippen molar-refractivity contribution < 1.29 is 30.9 Å². The molecule has 4 nitrogen and oxygen atoms in total. The Hall–Kier alpha value is -1.97. The van der Waals surface area contributed by atoms with E-state index < -0.39 is 15.6 Å². The Bertz CT molecular complexity index is 903. The molecule has 0 aliphatic carbocycles. The summed E-state index contributed by atoms with van der Waals surface area (Å²) < 4.78 is 64.2. The monoisotopic (exact) mass is 446 g/mol. The summed E-state index contributed by atoms with van der Waals surface area (Å²) in [6, 6.07) is 19.1. The molecule has 0 saturated carbocycles. The molecule has 29 heavy (non-hydrogen) atoms. The molecular weight excluding hydrogens is 425 g/mol. The average molecular weight is 447 g/mol. The molecule has 2 aromatic carbocycles. The first-order valence-electron chi connectivity index (χ1n) is 8.72. The Labute approximate surface area is 171 Å². The van der Waals surface area contributed by atoms with E-state index >= 15 is 0 Å². The van der Waals surface area contributed by atoms with Crippen molar-refractivity contribution >= 4 is 26.6 Å². The third-order valence-electron chi connectivity index (χ3n) is 4.12. The second-order valence-electron chi connectivity index (χ2n) is 6.18. The summed E-state index contributed by atoms with van der Waals surface area (Å²) in [6.07, 6.45) is 2.76. The van der Waals surface area contributed by atoms with Crippen LogP contribution in [0.5, 0.6) is 5.75 Å². The van der Waals surface area contributed by atoms with Gasteiger partial charge in [0, 0.05) is 16.5 Å². The lowest BCUT2D eigenvalue weighted by molar-refractivity contribution is -0.0517. The van der Waals surface area contributed by atoms with Crippen LogP contribution in [0.4, 0.5) is 13.2 Å². The highest BCUT2D eigenvalue weighted by Crippen LogP contribution is 2.28. The van der Waals surface area contributed by atoms with E-state index in [4.69, 9.17) is 17.7 Å². The Morgan fingerprint density at radius 2 is 1.48 bits per heavy atom. The summed E-state index contributed by atoms with van der Waals surface area (Å²) in [6.45, 7) is 0. The molecule has 0 unspecified atom stereocenters. The lowest BCUT2D eigenvalue weighted by Crippen LogP contribution is -2.21. The lowest BCUT2D eigenvalue weighted by Gasteiger charge is -2.08. The van der Waals surface area contributed by atoms with Crippen molar-refractivity contribution in [3.8, 4) is 5.75 Å². The third kappa shape index (κ3) is 7.09. The van der Waals surface area contributed by atoms with Gasteiger partial charge in [-0.05, 0) is 36.1 Å². The standard InChI is InChI=1S/C19H21OS.CHF3O3S/c1-20-18-11-9-17(10-12-18)19(15-21-13-5-6-14-21)16-7-3-2-4-8-16;2-1(3,4)8(5,6)7/h2-4,7-12,15H,5-6,13-14H2,1H3;(H,5,6,7)/q+1;/p-1. The molecule has 0 bridgehead atoms. The van der Waals surface area contributed by atoms with Gasteiger partial charge in [0.1, 0.15) is 22.7 Å². The minimum absolute atomic E-state index is 0.441. The average Bonchev–Trinajstić information content (AvgIpc) is 3.19. The summed E-state index contributed by atoms with van der Waals surface area (Å²) in [5.74, 6) is 3.62. The summed E-state index contributed by atoms with van der Waals surface area (Å²) in [7, 11) is -3.94. The van der Waals surface area contributed by atoms with E-state index in [1.54, 1.807) is 7.11 Å². The van der Waals surface area contributed by atoms with Gasteiger partial charge in [-0.2, -0.15) is 13.2 Å². The number of benzene rings is 2. The minimum Gasteiger partial charge on any atom is -0.741 e. The topological polar surface area (TPSA) is 66.4 Å². The van der Waals surface area contributed by atoms with Gasteiger partial charge in [-0.25, -0.2) is 8.42 Å². The maximum absolute atomic E-state index is 10.7. The largest absolute Gasteiger partial charge is 0.741 e. The van der Waals surface area contributed by atoms with Gasteiger partial charge in [-0.3, -0.25) is 0 Å². The van der Waals surface area contributed by atoms with Crippen LogP contribution < -0.4 is 4.74 Å². The number of halogens is 3. The summed E-state index contributed by atoms with van der Waals surface area (Å²) >= 11 is 0. The highest BCUT2D eigenvalue weighted by Gasteiger charge is 2.36. The predicted molar refractivity (Wildman–Crippen MR) is 109 cm³/mol. The molecule has 1 aliphatic rings. The van der Waals surface area contributed by atoms with Crippen LogP contribution in [-0.2, 0) is 21.0 Å². The molecule has 0 amide bonds. The first-order chi connectivity index (χ1) is 13.6. The first-order valence-corrected chi connectivity index (χ1v) is 11.8. The van der Waals surface area contributed by atoms with Gasteiger partial charge >= 0.3 is 5.51 Å². The fourth-order valence-electron chi connectivity index (χ4n) is 2.65. The summed E-state index contributed by atoms with van der Waals surface area (Å²) in [5.41, 5.74) is -1.69. The van der Waals surface area contributed by atoms with Crippen molar-refractivity contribution in [2.24, 2.45) is 0 Å². The molecule has 0 spiro atoms. The number of ether oxygens (including phenoxy) is 1. The highest BCUT2D eigenvalue weighted by molar-refractivity contribution is 8.00. The van der Waals surface area contributed by atoms with Gasteiger partial charge in [0.25, 0.3) is 0 Å². The molecular formula is C20H21F3O4S2. The number of rotatable bonds is 4. The van der Waals surface area contributed by atoms with Crippen molar-refractivity contribution in [2.45, 2.75) is 18.3 Å². The van der Waals surface area contributed by atoms with Gasteiger partial charge in [0.15, 0.2) is 10.1 Å². The fraction of sp³-hybridized carbons (Fsp3) is 0.300. The van der Waals surface area contributed by atoms with Gasteiger partial charge in [0.2, 0.25) is 0 Å². The number of hydrogen-bond donors (Lipinski definition) is 0. The van der Waals surface area contributed by atoms with Crippen LogP contribution in [0, 0.1) is 0 Å². The zero-order chi connectivity index (χ0) is 21.5. The molecule has 0 radical (unpaired) electrons. The van der Waals surface area contributed by atoms with Crippen molar-refractivity contribution in [1.29, 1.82) is 0 Å². The van der Waals surface area contributed by atoms with Crippen molar-refractivity contribution in [1.82, 2.24) is 0 Å². The number of methoxy groups -OCH3 is 1. The first kappa shape index (κ1) is 23.3. The normalized spacial score (nSPS) is 15.6. The van der Waals surface area contributed by atoms with E-state index in [2.05, 4.69) is 47.9 Å². The molecule has 9 heteroatoms.